The average molecular weight is 606 g/mol. The molecule has 0 radical (unpaired) electrons. The van der Waals surface area contributed by atoms with Crippen molar-refractivity contribution in [2.75, 3.05) is 17.2 Å². The lowest BCUT2D eigenvalue weighted by molar-refractivity contribution is -0.138. The normalized spacial score (nSPS) is 17.8. The molecule has 1 saturated carbocycles. The molecule has 4 aromatic rings. The molecule has 1 spiro atoms. The highest BCUT2D eigenvalue weighted by Crippen LogP contribution is 2.56. The summed E-state index contributed by atoms with van der Waals surface area (Å²) in [5.74, 6) is -1.52. The van der Waals surface area contributed by atoms with Crippen LogP contribution in [0.15, 0.2) is 46.4 Å². The van der Waals surface area contributed by atoms with Crippen LogP contribution in [0.2, 0.25) is 0 Å². The molecule has 1 aromatic carbocycles. The number of alkyl halides is 5. The molecule has 9 nitrogen and oxygen atoms in total. The summed E-state index contributed by atoms with van der Waals surface area (Å²) in [6.45, 7) is 0.619. The van der Waals surface area contributed by atoms with Crippen LogP contribution in [0, 0.1) is 11.2 Å². The molecule has 0 amide bonds. The molecule has 1 saturated heterocycles. The van der Waals surface area contributed by atoms with Crippen molar-refractivity contribution in [3.8, 4) is 11.4 Å². The third kappa shape index (κ3) is 5.31. The molecule has 0 unspecified atom stereocenters. The van der Waals surface area contributed by atoms with Gasteiger partial charge in [0, 0.05) is 31.5 Å². The predicted molar refractivity (Wildman–Crippen MR) is 145 cm³/mol. The molecular weight excluding hydrogens is 580 g/mol. The number of halogens is 6. The Labute approximate surface area is 239 Å². The van der Waals surface area contributed by atoms with Gasteiger partial charge in [-0.1, -0.05) is 0 Å². The average Bonchev–Trinajstić information content (AvgIpc) is 3.60. The van der Waals surface area contributed by atoms with Gasteiger partial charge in [-0.15, -0.1) is 0 Å². The molecule has 2 fully saturated rings. The van der Waals surface area contributed by atoms with Gasteiger partial charge in [0.25, 0.3) is 17.5 Å². The standard InChI is InChI=1S/C28H25F6N7O2/c29-19-9-16-14(8-17(19)24-36-11-18(22(30)31)23(35)38-24)3-7-40(26(16)43)6-1-2-15-10-27(4-5-27)13-41(15)20-12-37-39-25(42)21(20)28(32,33)34/h3,7-9,11-12,15,22H,1-2,4-6,10,13H2,(H,39,42)(H2,35,36,38)/t15-/m1/s1. The zero-order valence-corrected chi connectivity index (χ0v) is 22.5. The molecule has 2 aliphatic rings. The third-order valence-electron chi connectivity index (χ3n) is 8.33. The van der Waals surface area contributed by atoms with Crippen molar-refractivity contribution in [2.45, 2.75) is 57.3 Å². The number of H-pyrrole nitrogens is 1. The van der Waals surface area contributed by atoms with Crippen molar-refractivity contribution in [1.82, 2.24) is 24.7 Å². The minimum Gasteiger partial charge on any atom is -0.383 e. The first-order valence-electron chi connectivity index (χ1n) is 13.5. The number of aromatic nitrogens is 5. The number of hydrogen-bond donors (Lipinski definition) is 2. The van der Waals surface area contributed by atoms with Crippen molar-refractivity contribution in [3.63, 3.8) is 0 Å². The maximum Gasteiger partial charge on any atom is 0.423 e. The summed E-state index contributed by atoms with van der Waals surface area (Å²) in [6.07, 6.45) is -0.996. The summed E-state index contributed by atoms with van der Waals surface area (Å²) in [6, 6.07) is 3.67. The van der Waals surface area contributed by atoms with E-state index < -0.39 is 46.5 Å². The number of nitrogen functional groups attached to an aromatic ring is 1. The number of anilines is 2. The number of nitrogens with two attached hydrogens (primary N) is 1. The molecule has 6 rings (SSSR count). The van der Waals surface area contributed by atoms with Crippen LogP contribution < -0.4 is 21.8 Å². The van der Waals surface area contributed by atoms with E-state index in [9.17, 15) is 31.5 Å². The topological polar surface area (TPSA) is 123 Å². The van der Waals surface area contributed by atoms with Gasteiger partial charge in [-0.05, 0) is 61.1 Å². The second-order valence-electron chi connectivity index (χ2n) is 11.2. The van der Waals surface area contributed by atoms with Crippen molar-refractivity contribution in [2.24, 2.45) is 5.41 Å². The molecule has 3 N–H and O–H groups in total. The summed E-state index contributed by atoms with van der Waals surface area (Å²) in [7, 11) is 0. The molecule has 43 heavy (non-hydrogen) atoms. The van der Waals surface area contributed by atoms with E-state index in [1.165, 1.54) is 16.8 Å². The Morgan fingerprint density at radius 2 is 1.93 bits per heavy atom. The largest absolute Gasteiger partial charge is 0.423 e. The van der Waals surface area contributed by atoms with Crippen molar-refractivity contribution in [1.29, 1.82) is 0 Å². The van der Waals surface area contributed by atoms with Gasteiger partial charge < -0.3 is 15.2 Å². The molecule has 0 bridgehead atoms. The van der Waals surface area contributed by atoms with Gasteiger partial charge in [-0.3, -0.25) is 9.59 Å². The summed E-state index contributed by atoms with van der Waals surface area (Å²) < 4.78 is 83.8. The first kappa shape index (κ1) is 28.7. The van der Waals surface area contributed by atoms with Crippen LogP contribution in [0.5, 0.6) is 0 Å². The maximum absolute atomic E-state index is 15.1. The number of aromatic amines is 1. The highest BCUT2D eigenvalue weighted by Gasteiger charge is 2.53. The van der Waals surface area contributed by atoms with Gasteiger partial charge in [0.1, 0.15) is 17.2 Å². The number of benzene rings is 1. The minimum absolute atomic E-state index is 0.0738. The summed E-state index contributed by atoms with van der Waals surface area (Å²) in [5.41, 5.74) is 1.53. The molecule has 3 aromatic heterocycles. The molecule has 1 atom stereocenters. The number of rotatable bonds is 7. The van der Waals surface area contributed by atoms with Crippen LogP contribution in [-0.2, 0) is 12.7 Å². The van der Waals surface area contributed by atoms with Crippen LogP contribution in [0.4, 0.5) is 37.8 Å². The van der Waals surface area contributed by atoms with Gasteiger partial charge in [-0.25, -0.2) is 28.2 Å². The van der Waals surface area contributed by atoms with Crippen LogP contribution in [0.25, 0.3) is 22.2 Å². The van der Waals surface area contributed by atoms with E-state index in [-0.39, 0.29) is 40.5 Å². The second kappa shape index (κ2) is 10.4. The Kier molecular flexibility index (Phi) is 6.92. The monoisotopic (exact) mass is 605 g/mol. The summed E-state index contributed by atoms with van der Waals surface area (Å²) in [5, 5.41) is 5.94. The molecule has 15 heteroatoms. The van der Waals surface area contributed by atoms with E-state index in [1.54, 1.807) is 11.0 Å². The van der Waals surface area contributed by atoms with E-state index in [0.717, 1.165) is 31.3 Å². The third-order valence-corrected chi connectivity index (χ3v) is 8.33. The predicted octanol–water partition coefficient (Wildman–Crippen LogP) is 5.06. The lowest BCUT2D eigenvalue weighted by atomic mass is 10.00. The fourth-order valence-electron chi connectivity index (χ4n) is 5.98. The van der Waals surface area contributed by atoms with E-state index in [0.29, 0.717) is 31.2 Å². The number of aryl methyl sites for hydroxylation is 1. The summed E-state index contributed by atoms with van der Waals surface area (Å²) >= 11 is 0. The van der Waals surface area contributed by atoms with Gasteiger partial charge in [0.05, 0.1) is 28.4 Å². The Balaban J connectivity index is 1.22. The Morgan fingerprint density at radius 1 is 1.16 bits per heavy atom. The first-order chi connectivity index (χ1) is 20.4. The van der Waals surface area contributed by atoms with Gasteiger partial charge in [-0.2, -0.15) is 18.3 Å². The maximum atomic E-state index is 15.1. The zero-order valence-electron chi connectivity index (χ0n) is 22.5. The molecule has 226 valence electrons. The SMILES string of the molecule is Nc1nc(-c2cc3ccn(CCC[C@@H]4CC5(CC5)CN4c4cn[nH]c(=O)c4C(F)(F)F)c(=O)c3cc2F)ncc1C(F)F. The number of nitrogens with zero attached hydrogens (tertiary/aromatic N) is 5. The van der Waals surface area contributed by atoms with Gasteiger partial charge in [0.2, 0.25) is 0 Å². The number of fused-ring (bicyclic) bond motifs is 1. The van der Waals surface area contributed by atoms with Crippen molar-refractivity contribution in [3.05, 3.63) is 74.4 Å². The van der Waals surface area contributed by atoms with E-state index in [2.05, 4.69) is 15.1 Å². The quantitative estimate of drug-likeness (QED) is 0.283. The fraction of sp³-hybridized carbons (Fsp3) is 0.393. The number of pyridine rings is 1. The van der Waals surface area contributed by atoms with Crippen LogP contribution >= 0.6 is 0 Å². The molecule has 1 aliphatic carbocycles. The van der Waals surface area contributed by atoms with E-state index >= 15 is 4.39 Å². The highest BCUT2D eigenvalue weighted by atomic mass is 19.4. The van der Waals surface area contributed by atoms with Crippen LogP contribution in [0.3, 0.4) is 0 Å². The molecular formula is C28H25F6N7O2. The van der Waals surface area contributed by atoms with E-state index in [1.807, 2.05) is 5.10 Å². The number of hydrogen-bond acceptors (Lipinski definition) is 7. The van der Waals surface area contributed by atoms with Crippen LogP contribution in [-0.4, -0.2) is 37.3 Å². The highest BCUT2D eigenvalue weighted by molar-refractivity contribution is 5.86. The fourth-order valence-corrected chi connectivity index (χ4v) is 5.98. The van der Waals surface area contributed by atoms with Crippen molar-refractivity contribution >= 4 is 22.3 Å². The lowest BCUT2D eigenvalue weighted by Gasteiger charge is -2.28. The Hall–Kier alpha value is -4.43. The zero-order chi connectivity index (χ0) is 30.7. The summed E-state index contributed by atoms with van der Waals surface area (Å²) in [4.78, 5) is 34.5. The van der Waals surface area contributed by atoms with E-state index in [4.69, 9.17) is 5.73 Å². The minimum atomic E-state index is -4.85. The van der Waals surface area contributed by atoms with Gasteiger partial charge in [0.15, 0.2) is 5.82 Å². The van der Waals surface area contributed by atoms with Crippen LogP contribution in [0.1, 0.15) is 49.7 Å². The molecule has 1 aliphatic heterocycles. The molecule has 4 heterocycles. The van der Waals surface area contributed by atoms with Gasteiger partial charge >= 0.3 is 6.18 Å². The second-order valence-corrected chi connectivity index (χ2v) is 11.2. The lowest BCUT2D eigenvalue weighted by Crippen LogP contribution is -2.35. The van der Waals surface area contributed by atoms with Crippen molar-refractivity contribution < 1.29 is 26.3 Å². The smallest absolute Gasteiger partial charge is 0.383 e. The first-order valence-corrected chi connectivity index (χ1v) is 13.5. The Bertz CT molecular complexity index is 1830. The Morgan fingerprint density at radius 3 is 2.60 bits per heavy atom. The number of nitrogens with one attached hydrogen (secondary N) is 1.